The second-order valence-corrected chi connectivity index (χ2v) is 0.938. The van der Waals surface area contributed by atoms with Gasteiger partial charge >= 0.3 is 12.3 Å². The van der Waals surface area contributed by atoms with Crippen LogP contribution in [0.15, 0.2) is 0 Å². The largest absolute Gasteiger partial charge is 0.508 e. The molecule has 0 spiro atoms. The van der Waals surface area contributed by atoms with Gasteiger partial charge in [0.25, 0.3) is 0 Å². The van der Waals surface area contributed by atoms with Crippen LogP contribution >= 0.6 is 0 Å². The Bertz CT molecular complexity index is 134. The monoisotopic (exact) mass is 162 g/mol. The van der Waals surface area contributed by atoms with Gasteiger partial charge in [0, 0.05) is 0 Å². The van der Waals surface area contributed by atoms with E-state index in [9.17, 15) is 9.59 Å². The van der Waals surface area contributed by atoms with E-state index in [4.69, 9.17) is 10.2 Å². The Kier molecular flexibility index (Phi) is 8.72. The van der Waals surface area contributed by atoms with E-state index in [0.29, 0.717) is 0 Å². The van der Waals surface area contributed by atoms with Crippen LogP contribution in [0.25, 0.3) is 0 Å². The van der Waals surface area contributed by atoms with Gasteiger partial charge in [0.15, 0.2) is 0 Å². The molecule has 0 aromatic heterocycles. The molecule has 0 aromatic rings. The third kappa shape index (κ3) is 17.9. The molecule has 11 heavy (non-hydrogen) atoms. The van der Waals surface area contributed by atoms with Crippen molar-refractivity contribution in [2.24, 2.45) is 0 Å². The summed E-state index contributed by atoms with van der Waals surface area (Å²) < 4.78 is 7.33. The van der Waals surface area contributed by atoms with Crippen molar-refractivity contribution in [2.75, 3.05) is 6.79 Å². The molecule has 0 saturated heterocycles. The summed E-state index contributed by atoms with van der Waals surface area (Å²) in [5.74, 6) is 0. The molecular formula is C5H6O6. The predicted molar refractivity (Wildman–Crippen MR) is 33.0 cm³/mol. The number of terminal acetylenes is 1. The highest BCUT2D eigenvalue weighted by Crippen LogP contribution is 1.79. The molecule has 2 N–H and O–H groups in total. The minimum absolute atomic E-state index is 0.787. The molecule has 0 fully saturated rings. The van der Waals surface area contributed by atoms with Gasteiger partial charge < -0.3 is 19.7 Å². The van der Waals surface area contributed by atoms with Crippen molar-refractivity contribution in [2.45, 2.75) is 0 Å². The lowest BCUT2D eigenvalue weighted by molar-refractivity contribution is -0.0167. The normalized spacial score (nSPS) is 6.73. The van der Waals surface area contributed by atoms with Gasteiger partial charge in [-0.2, -0.15) is 0 Å². The molecule has 0 amide bonds. The molecule has 6 nitrogen and oxygen atoms in total. The van der Waals surface area contributed by atoms with Crippen molar-refractivity contribution in [1.29, 1.82) is 0 Å². The first-order valence-electron chi connectivity index (χ1n) is 2.17. The van der Waals surface area contributed by atoms with Gasteiger partial charge in [-0.1, -0.05) is 0 Å². The van der Waals surface area contributed by atoms with Gasteiger partial charge in [0.2, 0.25) is 6.79 Å². The van der Waals surface area contributed by atoms with Crippen LogP contribution in [0, 0.1) is 12.8 Å². The fourth-order valence-electron chi connectivity index (χ4n) is 0.130. The average molecular weight is 162 g/mol. The molecular weight excluding hydrogens is 156 g/mol. The zero-order valence-corrected chi connectivity index (χ0v) is 5.39. The second kappa shape index (κ2) is 8.10. The van der Waals surface area contributed by atoms with Crippen molar-refractivity contribution in [3.05, 3.63) is 0 Å². The molecule has 6 heteroatoms. The third-order valence-corrected chi connectivity index (χ3v) is 0.365. The quantitative estimate of drug-likeness (QED) is 0.350. The Morgan fingerprint density at radius 1 is 1.09 bits per heavy atom. The van der Waals surface area contributed by atoms with Crippen molar-refractivity contribution >= 4 is 12.3 Å². The smallest absolute Gasteiger partial charge is 0.450 e. The van der Waals surface area contributed by atoms with Crippen molar-refractivity contribution in [3.8, 4) is 12.8 Å². The predicted octanol–water partition coefficient (Wildman–Crippen LogP) is 0.582. The molecule has 0 unspecified atom stereocenters. The van der Waals surface area contributed by atoms with Gasteiger partial charge in [-0.05, 0) is 0 Å². The molecule has 62 valence electrons. The van der Waals surface area contributed by atoms with E-state index in [0.717, 1.165) is 0 Å². The molecule has 0 atom stereocenters. The Morgan fingerprint density at radius 2 is 1.36 bits per heavy atom. The Hall–Kier alpha value is -1.90. The lowest BCUT2D eigenvalue weighted by atomic mass is 11.2. The SMILES string of the molecule is C#C.O=C(O)OCOC(=O)O. The first-order chi connectivity index (χ1) is 5.13. The first kappa shape index (κ1) is 11.8. The van der Waals surface area contributed by atoms with Crippen LogP contribution in [0.1, 0.15) is 0 Å². The zero-order chi connectivity index (χ0) is 9.28. The summed E-state index contributed by atoms with van der Waals surface area (Å²) in [5, 5.41) is 15.5. The van der Waals surface area contributed by atoms with E-state index in [1.165, 1.54) is 0 Å². The molecule has 0 bridgehead atoms. The fourth-order valence-corrected chi connectivity index (χ4v) is 0.130. The van der Waals surface area contributed by atoms with E-state index >= 15 is 0 Å². The minimum atomic E-state index is -1.57. The number of ether oxygens (including phenoxy) is 2. The van der Waals surface area contributed by atoms with Crippen molar-refractivity contribution in [1.82, 2.24) is 0 Å². The maximum absolute atomic E-state index is 9.49. The highest BCUT2D eigenvalue weighted by molar-refractivity contribution is 5.58. The van der Waals surface area contributed by atoms with Gasteiger partial charge in [0.05, 0.1) is 0 Å². The second-order valence-electron chi connectivity index (χ2n) is 0.938. The van der Waals surface area contributed by atoms with Crippen LogP contribution in [0.5, 0.6) is 0 Å². The first-order valence-corrected chi connectivity index (χ1v) is 2.17. The third-order valence-electron chi connectivity index (χ3n) is 0.365. The van der Waals surface area contributed by atoms with Crippen LogP contribution < -0.4 is 0 Å². The lowest BCUT2D eigenvalue weighted by Gasteiger charge is -1.96. The number of hydrogen-bond acceptors (Lipinski definition) is 4. The molecule has 0 aliphatic rings. The van der Waals surface area contributed by atoms with E-state index in [2.05, 4.69) is 22.3 Å². The van der Waals surface area contributed by atoms with Gasteiger partial charge in [-0.15, -0.1) is 12.8 Å². The van der Waals surface area contributed by atoms with Crippen LogP contribution in [-0.2, 0) is 9.47 Å². The maximum atomic E-state index is 9.49. The summed E-state index contributed by atoms with van der Waals surface area (Å²) in [6.07, 6.45) is 4.85. The van der Waals surface area contributed by atoms with E-state index in [1.807, 2.05) is 0 Å². The van der Waals surface area contributed by atoms with Crippen molar-refractivity contribution < 1.29 is 29.3 Å². The fraction of sp³-hybridized carbons (Fsp3) is 0.200. The van der Waals surface area contributed by atoms with Gasteiger partial charge in [-0.25, -0.2) is 9.59 Å². The van der Waals surface area contributed by atoms with E-state index < -0.39 is 19.1 Å². The molecule has 0 aliphatic heterocycles. The number of carbonyl (C=O) groups is 2. The number of carboxylic acid groups (broad SMARTS) is 2. The Morgan fingerprint density at radius 3 is 1.55 bits per heavy atom. The highest BCUT2D eigenvalue weighted by Gasteiger charge is 1.98. The number of rotatable bonds is 2. The molecule has 0 heterocycles. The molecule has 0 aromatic carbocycles. The summed E-state index contributed by atoms with van der Waals surface area (Å²) >= 11 is 0. The Balaban J connectivity index is 0. The standard InChI is InChI=1S/C3H4O6.C2H2/c4-2(5)8-1-9-3(6)7;1-2/h1H2,(H,4,5)(H,6,7);1-2H. The summed E-state index contributed by atoms with van der Waals surface area (Å²) in [4.78, 5) is 19.0. The Labute approximate surface area is 62.3 Å². The van der Waals surface area contributed by atoms with Crippen LogP contribution in [0.2, 0.25) is 0 Å². The summed E-state index contributed by atoms with van der Waals surface area (Å²) in [6, 6.07) is 0. The maximum Gasteiger partial charge on any atom is 0.508 e. The van der Waals surface area contributed by atoms with Crippen LogP contribution in [0.3, 0.4) is 0 Å². The molecule has 0 aliphatic carbocycles. The van der Waals surface area contributed by atoms with E-state index in [-0.39, 0.29) is 0 Å². The molecule has 0 rings (SSSR count). The summed E-state index contributed by atoms with van der Waals surface area (Å²) in [5.41, 5.74) is 0. The summed E-state index contributed by atoms with van der Waals surface area (Å²) in [7, 11) is 0. The summed E-state index contributed by atoms with van der Waals surface area (Å²) in [6.45, 7) is -0.787. The lowest BCUT2D eigenvalue weighted by Crippen LogP contribution is -2.08. The number of hydrogen-bond donors (Lipinski definition) is 2. The van der Waals surface area contributed by atoms with Crippen LogP contribution in [-0.4, -0.2) is 29.3 Å². The van der Waals surface area contributed by atoms with E-state index in [1.54, 1.807) is 0 Å². The molecule has 0 radical (unpaired) electrons. The van der Waals surface area contributed by atoms with Gasteiger partial charge in [-0.3, -0.25) is 0 Å². The van der Waals surface area contributed by atoms with Crippen molar-refractivity contribution in [3.63, 3.8) is 0 Å². The zero-order valence-electron chi connectivity index (χ0n) is 5.39. The highest BCUT2D eigenvalue weighted by atomic mass is 16.8. The topological polar surface area (TPSA) is 93.1 Å². The van der Waals surface area contributed by atoms with Crippen LogP contribution in [0.4, 0.5) is 9.59 Å². The molecule has 0 saturated carbocycles. The van der Waals surface area contributed by atoms with Gasteiger partial charge in [0.1, 0.15) is 0 Å². The average Bonchev–Trinajstić information content (AvgIpc) is 1.90. The minimum Gasteiger partial charge on any atom is -0.450 e.